The van der Waals surface area contributed by atoms with Crippen LogP contribution in [0, 0.1) is 0 Å². The van der Waals surface area contributed by atoms with Crippen LogP contribution in [0.5, 0.6) is 0 Å². The van der Waals surface area contributed by atoms with Gasteiger partial charge in [-0.1, -0.05) is 0 Å². The molecule has 0 aliphatic heterocycles. The van der Waals surface area contributed by atoms with Gasteiger partial charge in [-0.15, -0.1) is 0 Å². The molecule has 0 atom stereocenters. The first kappa shape index (κ1) is 16.8. The molecule has 0 aromatic heterocycles. The highest BCUT2D eigenvalue weighted by atomic mass is 31.2. The topological polar surface area (TPSA) is 167 Å². The van der Waals surface area contributed by atoms with Gasteiger partial charge in [-0.25, -0.2) is 0 Å². The van der Waals surface area contributed by atoms with Gasteiger partial charge in [0, 0.05) is 0 Å². The molecule has 0 heterocycles. The molecule has 0 radical (unpaired) electrons. The summed E-state index contributed by atoms with van der Waals surface area (Å²) in [6.07, 6.45) is -1.18. The Morgan fingerprint density at radius 3 is 1.07 bits per heavy atom. The third-order valence-corrected chi connectivity index (χ3v) is 3.60. The van der Waals surface area contributed by atoms with E-state index in [0.717, 1.165) is 0 Å². The molecule has 0 amide bonds. The maximum absolute atomic E-state index is 8.55. The minimum Gasteiger partial charge on any atom is -0.822 e. The molecule has 10 heteroatoms. The molecular formula is C4H14O8P2. The molecule has 8 nitrogen and oxygen atoms in total. The molecule has 0 bridgehead atoms. The Bertz CT molecular complexity index is 157. The molecule has 0 saturated carbocycles. The Morgan fingerprint density at radius 2 is 1.07 bits per heavy atom. The predicted octanol–water partition coefficient (Wildman–Crippen LogP) is -3.80. The van der Waals surface area contributed by atoms with E-state index < -0.39 is 15.1 Å². The summed E-state index contributed by atoms with van der Waals surface area (Å²) in [5, 5.41) is 34.2. The van der Waals surface area contributed by atoms with E-state index in [1.807, 2.05) is 0 Å². The molecule has 0 spiro atoms. The summed E-state index contributed by atoms with van der Waals surface area (Å²) in [6.45, 7) is 0. The summed E-state index contributed by atoms with van der Waals surface area (Å²) in [7, 11) is -7.59. The van der Waals surface area contributed by atoms with Crippen LogP contribution in [-0.2, 0) is 4.57 Å². The Balaban J connectivity index is -0.0000000904. The highest BCUT2D eigenvalue weighted by Crippen LogP contribution is 2.54. The summed E-state index contributed by atoms with van der Waals surface area (Å²) >= 11 is 0. The maximum Gasteiger partial charge on any atom is 1.00 e. The SMILES string of the molecule is O=P([O-])([O-])[O-].OC[P+](CO)(CO)CO.[H+].[H+]. The van der Waals surface area contributed by atoms with E-state index in [1.54, 1.807) is 0 Å². The number of hydrogen-bond acceptors (Lipinski definition) is 8. The Kier molecular flexibility index (Phi) is 9.17. The lowest BCUT2D eigenvalue weighted by Crippen LogP contribution is -2.24. The smallest absolute Gasteiger partial charge is 0.822 e. The zero-order valence-electron chi connectivity index (χ0n) is 9.14. The van der Waals surface area contributed by atoms with Crippen LogP contribution in [0.15, 0.2) is 0 Å². The second kappa shape index (κ2) is 7.64. The van der Waals surface area contributed by atoms with E-state index in [-0.39, 0.29) is 28.2 Å². The lowest BCUT2D eigenvalue weighted by atomic mass is 11.6. The standard InChI is InChI=1S/C4H12O4P.H3O4P/c5-1-9(2-6,3-7)4-8;1-5(2,3)4/h5-8H,1-4H2;(H3,1,2,3,4)/q+1;/p-1. The molecule has 0 unspecified atom stereocenters. The number of phosphoric acid groups is 1. The second-order valence-corrected chi connectivity index (χ2v) is 7.06. The third kappa shape index (κ3) is 10.5. The summed E-state index contributed by atoms with van der Waals surface area (Å²) in [5.74, 6) is 0. The van der Waals surface area contributed by atoms with Crippen molar-refractivity contribution < 1.29 is 42.5 Å². The molecular weight excluding hydrogens is 238 g/mol. The van der Waals surface area contributed by atoms with Crippen molar-refractivity contribution in [2.24, 2.45) is 0 Å². The van der Waals surface area contributed by atoms with Gasteiger partial charge in [-0.2, -0.15) is 7.82 Å². The second-order valence-electron chi connectivity index (χ2n) is 2.35. The first-order valence-electron chi connectivity index (χ1n) is 3.26. The molecule has 88 valence electrons. The van der Waals surface area contributed by atoms with Crippen LogP contribution in [0.1, 0.15) is 2.85 Å². The summed E-state index contributed by atoms with van der Waals surface area (Å²) in [6, 6.07) is 0. The van der Waals surface area contributed by atoms with Gasteiger partial charge in [0.15, 0.2) is 25.4 Å². The molecule has 0 saturated heterocycles. The molecule has 0 aliphatic carbocycles. The van der Waals surface area contributed by atoms with Crippen molar-refractivity contribution in [3.8, 4) is 0 Å². The van der Waals surface area contributed by atoms with Crippen molar-refractivity contribution in [1.29, 1.82) is 0 Å². The lowest BCUT2D eigenvalue weighted by molar-refractivity contribution is -0.432. The molecule has 14 heavy (non-hydrogen) atoms. The maximum atomic E-state index is 8.55. The van der Waals surface area contributed by atoms with Crippen molar-refractivity contribution in [2.75, 3.05) is 25.4 Å². The molecule has 0 aromatic rings. The zero-order valence-corrected chi connectivity index (χ0v) is 8.93. The molecule has 0 fully saturated rings. The Labute approximate surface area is 84.0 Å². The average Bonchev–Trinajstić information content (AvgIpc) is 2.07. The van der Waals surface area contributed by atoms with Crippen molar-refractivity contribution in [3.05, 3.63) is 0 Å². The van der Waals surface area contributed by atoms with E-state index in [9.17, 15) is 0 Å². The van der Waals surface area contributed by atoms with Crippen LogP contribution in [0.2, 0.25) is 0 Å². The van der Waals surface area contributed by atoms with Gasteiger partial charge >= 0.3 is 2.85 Å². The van der Waals surface area contributed by atoms with Gasteiger partial charge in [-0.3, -0.25) is 0 Å². The fraction of sp³-hybridized carbons (Fsp3) is 1.00. The lowest BCUT2D eigenvalue weighted by Gasteiger charge is -2.36. The van der Waals surface area contributed by atoms with Gasteiger partial charge in [-0.05, 0) is 0 Å². The first-order chi connectivity index (χ1) is 6.24. The van der Waals surface area contributed by atoms with Crippen molar-refractivity contribution in [1.82, 2.24) is 0 Å². The molecule has 0 aromatic carbocycles. The van der Waals surface area contributed by atoms with Crippen molar-refractivity contribution in [2.45, 2.75) is 0 Å². The minimum absolute atomic E-state index is 0. The predicted molar refractivity (Wildman–Crippen MR) is 45.1 cm³/mol. The van der Waals surface area contributed by atoms with Crippen LogP contribution in [0.4, 0.5) is 0 Å². The highest BCUT2D eigenvalue weighted by Gasteiger charge is 2.34. The molecule has 0 aliphatic rings. The normalized spacial score (nSPS) is 11.9. The summed E-state index contributed by atoms with van der Waals surface area (Å²) in [5.41, 5.74) is 0. The number of hydrogen-bond donors (Lipinski definition) is 4. The van der Waals surface area contributed by atoms with Crippen LogP contribution < -0.4 is 14.7 Å². The van der Waals surface area contributed by atoms with Gasteiger partial charge < -0.3 is 39.7 Å². The summed E-state index contributed by atoms with van der Waals surface area (Å²) in [4.78, 5) is 25.6. The minimum atomic E-state index is -5.39. The summed E-state index contributed by atoms with van der Waals surface area (Å²) < 4.78 is 8.55. The van der Waals surface area contributed by atoms with Crippen molar-refractivity contribution in [3.63, 3.8) is 0 Å². The number of rotatable bonds is 4. The van der Waals surface area contributed by atoms with Crippen LogP contribution in [0.3, 0.4) is 0 Å². The van der Waals surface area contributed by atoms with E-state index in [4.69, 9.17) is 39.7 Å². The average molecular weight is 252 g/mol. The quantitative estimate of drug-likeness (QED) is 0.369. The first-order valence-corrected chi connectivity index (χ1v) is 7.25. The molecule has 0 rings (SSSR count). The van der Waals surface area contributed by atoms with Gasteiger partial charge in [0.2, 0.25) is 0 Å². The number of aliphatic hydroxyl groups excluding tert-OH is 4. The zero-order chi connectivity index (χ0) is 11.8. The van der Waals surface area contributed by atoms with Crippen LogP contribution in [-0.4, -0.2) is 45.8 Å². The van der Waals surface area contributed by atoms with E-state index >= 15 is 0 Å². The van der Waals surface area contributed by atoms with Crippen LogP contribution in [0.25, 0.3) is 0 Å². The molecule has 4 N–H and O–H groups in total. The number of aliphatic hydroxyl groups is 4. The van der Waals surface area contributed by atoms with Gasteiger partial charge in [0.05, 0.1) is 0 Å². The Hall–Kier alpha value is 0.380. The van der Waals surface area contributed by atoms with Crippen molar-refractivity contribution >= 4 is 15.1 Å². The fourth-order valence-electron chi connectivity index (χ4n) is 0.268. The third-order valence-electron chi connectivity index (χ3n) is 1.20. The van der Waals surface area contributed by atoms with E-state index in [1.165, 1.54) is 0 Å². The highest BCUT2D eigenvalue weighted by molar-refractivity contribution is 7.75. The monoisotopic (exact) mass is 252 g/mol. The van der Waals surface area contributed by atoms with Gasteiger partial charge in [0.25, 0.3) is 0 Å². The fourth-order valence-corrected chi connectivity index (χ4v) is 0.805. The van der Waals surface area contributed by atoms with Gasteiger partial charge in [0.1, 0.15) is 7.26 Å². The Morgan fingerprint density at radius 1 is 0.929 bits per heavy atom. The van der Waals surface area contributed by atoms with E-state index in [2.05, 4.69) is 0 Å². The van der Waals surface area contributed by atoms with E-state index in [0.29, 0.717) is 0 Å². The largest absolute Gasteiger partial charge is 1.00 e. The van der Waals surface area contributed by atoms with Crippen LogP contribution >= 0.6 is 15.1 Å².